The van der Waals surface area contributed by atoms with Crippen LogP contribution in [-0.2, 0) is 16.0 Å². The maximum absolute atomic E-state index is 11.5. The van der Waals surface area contributed by atoms with Gasteiger partial charge in [0.25, 0.3) is 0 Å². The molecule has 0 atom stereocenters. The number of carbonyl (C=O) groups is 2. The molecule has 2 amide bonds. The van der Waals surface area contributed by atoms with Crippen molar-refractivity contribution >= 4 is 33.2 Å². The highest BCUT2D eigenvalue weighted by Crippen LogP contribution is 2.44. The largest absolute Gasteiger partial charge is 0.354 e. The van der Waals surface area contributed by atoms with Crippen LogP contribution in [0.25, 0.3) is 10.8 Å². The molecule has 6 nitrogen and oxygen atoms in total. The topological polar surface area (TPSA) is 98.7 Å². The first-order valence-corrected chi connectivity index (χ1v) is 9.48. The van der Waals surface area contributed by atoms with Crippen LogP contribution in [-0.4, -0.2) is 40.3 Å². The number of nitrogens with one attached hydrogen (secondary N) is 2. The summed E-state index contributed by atoms with van der Waals surface area (Å²) < 4.78 is 19.5. The molecule has 0 radical (unpaired) electrons. The number of rotatable bonds is 6. The Kier molecular flexibility index (Phi) is 5.82. The molecule has 0 spiro atoms. The van der Waals surface area contributed by atoms with Crippen molar-refractivity contribution in [3.8, 4) is 0 Å². The third kappa shape index (κ3) is 5.23. The van der Waals surface area contributed by atoms with E-state index in [1.54, 1.807) is 12.1 Å². The Morgan fingerprint density at radius 3 is 2.42 bits per heavy atom. The van der Waals surface area contributed by atoms with Gasteiger partial charge in [-0.3, -0.25) is 18.7 Å². The van der Waals surface area contributed by atoms with Crippen LogP contribution in [0.1, 0.15) is 12.5 Å². The Morgan fingerprint density at radius 1 is 1.04 bits per heavy atom. The summed E-state index contributed by atoms with van der Waals surface area (Å²) in [4.78, 5) is 22.8. The molecule has 7 heteroatoms. The maximum Gasteiger partial charge on any atom is 0.239 e. The summed E-state index contributed by atoms with van der Waals surface area (Å²) in [7, 11) is -2.74. The molecule has 0 aliphatic heterocycles. The van der Waals surface area contributed by atoms with Crippen molar-refractivity contribution in [1.82, 2.24) is 10.6 Å². The van der Waals surface area contributed by atoms with Crippen LogP contribution in [0.15, 0.2) is 41.3 Å². The number of amides is 2. The lowest BCUT2D eigenvalue weighted by Crippen LogP contribution is -2.36. The van der Waals surface area contributed by atoms with Crippen LogP contribution < -0.4 is 10.6 Å². The standard InChI is InChI=1S/C17H22N2O4S/c1-12(20)19-11-17(21)18-8-7-13-3-4-14-5-6-16(24(2,22)23)10-15(14)9-13/h3-6,9-10,22-23H,7-8,11H2,1-2H3,(H,18,21)(H,19,20). The van der Waals surface area contributed by atoms with Crippen molar-refractivity contribution in [3.05, 3.63) is 42.0 Å². The molecule has 4 N–H and O–H groups in total. The van der Waals surface area contributed by atoms with E-state index in [1.807, 2.05) is 24.3 Å². The molecule has 24 heavy (non-hydrogen) atoms. The van der Waals surface area contributed by atoms with E-state index >= 15 is 0 Å². The molecule has 0 aromatic heterocycles. The molecule has 2 aromatic rings. The Labute approximate surface area is 142 Å². The zero-order chi connectivity index (χ0) is 17.7. The Bertz CT molecular complexity index is 756. The van der Waals surface area contributed by atoms with E-state index in [0.29, 0.717) is 17.9 Å². The Morgan fingerprint density at radius 2 is 1.75 bits per heavy atom. The average molecular weight is 350 g/mol. The number of fused-ring (bicyclic) bond motifs is 1. The predicted octanol–water partition coefficient (Wildman–Crippen LogP) is 2.37. The van der Waals surface area contributed by atoms with E-state index in [-0.39, 0.29) is 18.4 Å². The van der Waals surface area contributed by atoms with Crippen LogP contribution in [0.5, 0.6) is 0 Å². The minimum absolute atomic E-state index is 0.0230. The fourth-order valence-electron chi connectivity index (χ4n) is 2.28. The van der Waals surface area contributed by atoms with Gasteiger partial charge < -0.3 is 10.6 Å². The molecule has 0 aliphatic carbocycles. The first-order valence-electron chi connectivity index (χ1n) is 7.53. The third-order valence-electron chi connectivity index (χ3n) is 3.56. The number of hydrogen-bond donors (Lipinski definition) is 4. The minimum atomic E-state index is -2.74. The molecule has 0 bridgehead atoms. The minimum Gasteiger partial charge on any atom is -0.354 e. The molecule has 130 valence electrons. The summed E-state index contributed by atoms with van der Waals surface area (Å²) >= 11 is 0. The molecule has 0 saturated carbocycles. The van der Waals surface area contributed by atoms with Gasteiger partial charge in [-0.1, -0.05) is 24.3 Å². The molecule has 0 fully saturated rings. The fourth-order valence-corrected chi connectivity index (χ4v) is 2.96. The fraction of sp³-hybridized carbons (Fsp3) is 0.294. The molecule has 0 aliphatic rings. The van der Waals surface area contributed by atoms with E-state index in [0.717, 1.165) is 16.3 Å². The lowest BCUT2D eigenvalue weighted by molar-refractivity contribution is -0.125. The quantitative estimate of drug-likeness (QED) is 0.643. The number of carbonyl (C=O) groups excluding carboxylic acids is 2. The highest BCUT2D eigenvalue weighted by molar-refractivity contribution is 8.23. The van der Waals surface area contributed by atoms with Gasteiger partial charge in [0.2, 0.25) is 11.8 Å². The van der Waals surface area contributed by atoms with E-state index in [2.05, 4.69) is 10.6 Å². The molecule has 2 aromatic carbocycles. The van der Waals surface area contributed by atoms with Gasteiger partial charge in [-0.2, -0.15) is 10.6 Å². The second-order valence-electron chi connectivity index (χ2n) is 5.69. The van der Waals surface area contributed by atoms with Crippen LogP contribution in [0.2, 0.25) is 0 Å². The number of benzene rings is 2. The van der Waals surface area contributed by atoms with Crippen LogP contribution in [0.3, 0.4) is 0 Å². The van der Waals surface area contributed by atoms with Gasteiger partial charge in [-0.15, -0.1) is 0 Å². The second kappa shape index (κ2) is 7.65. The summed E-state index contributed by atoms with van der Waals surface area (Å²) in [5.74, 6) is -0.467. The lowest BCUT2D eigenvalue weighted by Gasteiger charge is -2.27. The van der Waals surface area contributed by atoms with Crippen molar-refractivity contribution in [2.24, 2.45) is 0 Å². The summed E-state index contributed by atoms with van der Waals surface area (Å²) in [6.07, 6.45) is 2.05. The van der Waals surface area contributed by atoms with E-state index in [9.17, 15) is 18.7 Å². The molecule has 0 saturated heterocycles. The van der Waals surface area contributed by atoms with E-state index in [4.69, 9.17) is 0 Å². The molecular formula is C17H22N2O4S. The van der Waals surface area contributed by atoms with Crippen LogP contribution >= 0.6 is 10.6 Å². The van der Waals surface area contributed by atoms with Gasteiger partial charge in [-0.25, -0.2) is 0 Å². The second-order valence-corrected chi connectivity index (χ2v) is 7.82. The third-order valence-corrected chi connectivity index (χ3v) is 4.70. The summed E-state index contributed by atoms with van der Waals surface area (Å²) in [6.45, 7) is 1.80. The van der Waals surface area contributed by atoms with Gasteiger partial charge in [-0.05, 0) is 34.9 Å². The van der Waals surface area contributed by atoms with Gasteiger partial charge in [0.05, 0.1) is 11.4 Å². The van der Waals surface area contributed by atoms with Gasteiger partial charge in [0, 0.05) is 19.7 Å². The first kappa shape index (κ1) is 18.3. The normalized spacial score (nSPS) is 12.0. The zero-order valence-corrected chi connectivity index (χ0v) is 14.5. The van der Waals surface area contributed by atoms with Crippen molar-refractivity contribution < 1.29 is 18.7 Å². The SMILES string of the molecule is CC(=O)NCC(=O)NCCc1ccc2ccc(S(C)(O)O)cc2c1. The van der Waals surface area contributed by atoms with Gasteiger partial charge in [0.1, 0.15) is 0 Å². The van der Waals surface area contributed by atoms with Crippen LogP contribution in [0.4, 0.5) is 0 Å². The van der Waals surface area contributed by atoms with Crippen molar-refractivity contribution in [2.75, 3.05) is 19.3 Å². The smallest absolute Gasteiger partial charge is 0.239 e. The molecule has 0 unspecified atom stereocenters. The maximum atomic E-state index is 11.5. The van der Waals surface area contributed by atoms with Crippen molar-refractivity contribution in [3.63, 3.8) is 0 Å². The Hall–Kier alpha value is -2.09. The van der Waals surface area contributed by atoms with Gasteiger partial charge in [0.15, 0.2) is 0 Å². The zero-order valence-electron chi connectivity index (χ0n) is 13.7. The highest BCUT2D eigenvalue weighted by Gasteiger charge is 2.09. The van der Waals surface area contributed by atoms with E-state index < -0.39 is 10.6 Å². The lowest BCUT2D eigenvalue weighted by atomic mass is 10.1. The monoisotopic (exact) mass is 350 g/mol. The first-order chi connectivity index (χ1) is 11.3. The van der Waals surface area contributed by atoms with Crippen molar-refractivity contribution in [2.45, 2.75) is 18.2 Å². The number of hydrogen-bond acceptors (Lipinski definition) is 4. The summed E-state index contributed by atoms with van der Waals surface area (Å²) in [5, 5.41) is 7.13. The Balaban J connectivity index is 2.00. The predicted molar refractivity (Wildman–Crippen MR) is 96.4 cm³/mol. The van der Waals surface area contributed by atoms with Crippen LogP contribution in [0, 0.1) is 0 Å². The molecule has 0 heterocycles. The highest BCUT2D eigenvalue weighted by atomic mass is 32.3. The van der Waals surface area contributed by atoms with Crippen molar-refractivity contribution in [1.29, 1.82) is 0 Å². The van der Waals surface area contributed by atoms with Gasteiger partial charge >= 0.3 is 0 Å². The molecule has 2 rings (SSSR count). The van der Waals surface area contributed by atoms with E-state index in [1.165, 1.54) is 13.2 Å². The average Bonchev–Trinajstić information content (AvgIpc) is 2.51. The molecular weight excluding hydrogens is 328 g/mol. The summed E-state index contributed by atoms with van der Waals surface area (Å²) in [6, 6.07) is 11.3. The summed E-state index contributed by atoms with van der Waals surface area (Å²) in [5.41, 5.74) is 1.03.